The second kappa shape index (κ2) is 15.5. The molecule has 0 aromatic heterocycles. The van der Waals surface area contributed by atoms with Crippen LogP contribution in [0.15, 0.2) is 58.3 Å². The van der Waals surface area contributed by atoms with E-state index in [1.807, 2.05) is 32.4 Å². The second-order valence-electron chi connectivity index (χ2n) is 10.7. The number of halogens is 1. The van der Waals surface area contributed by atoms with E-state index in [1.165, 1.54) is 64.5 Å². The van der Waals surface area contributed by atoms with Gasteiger partial charge in [0.1, 0.15) is 11.5 Å². The third-order valence-corrected chi connectivity index (χ3v) is 9.07. The van der Waals surface area contributed by atoms with Crippen LogP contribution >= 0.6 is 11.6 Å². The first-order valence-electron chi connectivity index (χ1n) is 13.8. The van der Waals surface area contributed by atoms with Gasteiger partial charge < -0.3 is 14.8 Å². The summed E-state index contributed by atoms with van der Waals surface area (Å²) >= 11 is 6.24. The zero-order valence-electron chi connectivity index (χ0n) is 26.7. The van der Waals surface area contributed by atoms with Crippen LogP contribution in [0.2, 0.25) is 5.02 Å². The Kier molecular flexibility index (Phi) is 12.9. The summed E-state index contributed by atoms with van der Waals surface area (Å²) < 4.78 is 59.6. The molecule has 0 bridgehead atoms. The highest BCUT2D eigenvalue weighted by Crippen LogP contribution is 2.35. The molecule has 46 heavy (non-hydrogen) atoms. The van der Waals surface area contributed by atoms with E-state index in [0.29, 0.717) is 16.5 Å². The number of sulfonamides is 2. The van der Waals surface area contributed by atoms with Gasteiger partial charge in [-0.15, -0.1) is 0 Å². The Balaban J connectivity index is 0.000000410. The number of nitrogens with one attached hydrogen (secondary N) is 2. The largest absolute Gasteiger partial charge is 0.496 e. The Hall–Kier alpha value is -3.98. The molecule has 3 aromatic carbocycles. The molecule has 3 rings (SSSR count). The Morgan fingerprint density at radius 1 is 0.739 bits per heavy atom. The zero-order valence-corrected chi connectivity index (χ0v) is 29.1. The van der Waals surface area contributed by atoms with E-state index in [-0.39, 0.29) is 50.1 Å². The molecule has 0 aliphatic carbocycles. The first-order chi connectivity index (χ1) is 21.2. The molecule has 0 radical (unpaired) electrons. The predicted molar refractivity (Wildman–Crippen MR) is 176 cm³/mol. The van der Waals surface area contributed by atoms with Crippen molar-refractivity contribution in [2.45, 2.75) is 63.2 Å². The summed E-state index contributed by atoms with van der Waals surface area (Å²) in [6.45, 7) is 10.4. The fraction of sp³-hybridized carbons (Fsp3) is 0.323. The SMILES string of the molecule is COc1ccc(S(=O)(=O)NC(=O)Nc2c(C(C)C)cc(Cl)cc2C(C)C)cc1C(C)=O.COc1ccc(S(N)(=O)=O)cc1C(C)=O. The normalized spacial score (nSPS) is 11.4. The highest BCUT2D eigenvalue weighted by Gasteiger charge is 2.23. The summed E-state index contributed by atoms with van der Waals surface area (Å²) in [5, 5.41) is 8.16. The molecule has 4 N–H and O–H groups in total. The smallest absolute Gasteiger partial charge is 0.333 e. The monoisotopic (exact) mass is 695 g/mol. The van der Waals surface area contributed by atoms with Crippen LogP contribution in [0.5, 0.6) is 11.5 Å². The highest BCUT2D eigenvalue weighted by atomic mass is 35.5. The number of anilines is 1. The number of carbonyl (C=O) groups is 3. The maximum atomic E-state index is 12.8. The third kappa shape index (κ3) is 9.76. The van der Waals surface area contributed by atoms with Gasteiger partial charge in [-0.25, -0.2) is 31.5 Å². The van der Waals surface area contributed by atoms with Gasteiger partial charge in [-0.05, 0) is 85.3 Å². The van der Waals surface area contributed by atoms with Gasteiger partial charge in [-0.1, -0.05) is 39.3 Å². The zero-order chi connectivity index (χ0) is 35.1. The van der Waals surface area contributed by atoms with Gasteiger partial charge in [0.05, 0.1) is 35.1 Å². The van der Waals surface area contributed by atoms with E-state index in [4.69, 9.17) is 26.2 Å². The maximum Gasteiger partial charge on any atom is 0.333 e. The van der Waals surface area contributed by atoms with E-state index in [1.54, 1.807) is 12.1 Å². The fourth-order valence-corrected chi connectivity index (χ4v) is 6.00. The van der Waals surface area contributed by atoms with Crippen molar-refractivity contribution < 1.29 is 40.7 Å². The Labute approximate surface area is 274 Å². The third-order valence-electron chi connectivity index (χ3n) is 6.61. The minimum atomic E-state index is -4.23. The van der Waals surface area contributed by atoms with Crippen molar-refractivity contribution in [3.63, 3.8) is 0 Å². The van der Waals surface area contributed by atoms with E-state index in [9.17, 15) is 31.2 Å². The van der Waals surface area contributed by atoms with E-state index in [2.05, 4.69) is 5.32 Å². The van der Waals surface area contributed by atoms with Gasteiger partial charge in [0.25, 0.3) is 10.0 Å². The van der Waals surface area contributed by atoms with Crippen LogP contribution < -0.4 is 24.7 Å². The number of urea groups is 1. The van der Waals surface area contributed by atoms with Gasteiger partial charge in [0, 0.05) is 10.7 Å². The van der Waals surface area contributed by atoms with E-state index in [0.717, 1.165) is 11.1 Å². The van der Waals surface area contributed by atoms with Gasteiger partial charge in [-0.2, -0.15) is 0 Å². The van der Waals surface area contributed by atoms with Crippen LogP contribution in [0.1, 0.15) is 85.2 Å². The van der Waals surface area contributed by atoms with Crippen molar-refractivity contribution in [2.75, 3.05) is 19.5 Å². The molecule has 0 atom stereocenters. The second-order valence-corrected chi connectivity index (χ2v) is 14.4. The molecule has 0 saturated carbocycles. The number of hydrogen-bond acceptors (Lipinski definition) is 9. The summed E-state index contributed by atoms with van der Waals surface area (Å²) in [7, 11) is -5.24. The van der Waals surface area contributed by atoms with Crippen molar-refractivity contribution >= 4 is 54.9 Å². The van der Waals surface area contributed by atoms with E-state index >= 15 is 0 Å². The molecule has 0 unspecified atom stereocenters. The van der Waals surface area contributed by atoms with Crippen LogP contribution in [-0.2, 0) is 20.0 Å². The topological polar surface area (TPSA) is 188 Å². The molecule has 2 amide bonds. The number of nitrogens with two attached hydrogens (primary N) is 1. The summed E-state index contributed by atoms with van der Waals surface area (Å²) in [6.07, 6.45) is 0. The molecule has 0 fully saturated rings. The Morgan fingerprint density at radius 2 is 1.15 bits per heavy atom. The number of ketones is 2. The Morgan fingerprint density at radius 3 is 1.52 bits per heavy atom. The number of Topliss-reactive ketones (excluding diaryl/α,β-unsaturated/α-hetero) is 2. The molecule has 250 valence electrons. The lowest BCUT2D eigenvalue weighted by molar-refractivity contribution is 0.100. The lowest BCUT2D eigenvalue weighted by Gasteiger charge is -2.21. The van der Waals surface area contributed by atoms with Gasteiger partial charge in [0.2, 0.25) is 10.0 Å². The minimum absolute atomic E-state index is 0.0443. The van der Waals surface area contributed by atoms with Gasteiger partial charge in [0.15, 0.2) is 11.6 Å². The molecule has 0 aliphatic heterocycles. The molecule has 0 saturated heterocycles. The molecule has 3 aromatic rings. The molecular weight excluding hydrogens is 658 g/mol. The number of methoxy groups -OCH3 is 2. The van der Waals surface area contributed by atoms with Crippen LogP contribution in [0, 0.1) is 0 Å². The van der Waals surface area contributed by atoms with Crippen LogP contribution in [-0.4, -0.2) is 48.7 Å². The first-order valence-corrected chi connectivity index (χ1v) is 17.2. The summed E-state index contributed by atoms with van der Waals surface area (Å²) in [5.41, 5.74) is 2.43. The molecule has 0 aliphatic rings. The lowest BCUT2D eigenvalue weighted by atomic mass is 9.92. The van der Waals surface area contributed by atoms with Crippen LogP contribution in [0.4, 0.5) is 10.5 Å². The number of benzene rings is 3. The van der Waals surface area contributed by atoms with Gasteiger partial charge >= 0.3 is 6.03 Å². The number of carbonyl (C=O) groups excluding carboxylic acids is 3. The number of rotatable bonds is 10. The van der Waals surface area contributed by atoms with Crippen molar-refractivity contribution in [1.29, 1.82) is 0 Å². The minimum Gasteiger partial charge on any atom is -0.496 e. The van der Waals surface area contributed by atoms with Crippen molar-refractivity contribution in [3.05, 3.63) is 75.8 Å². The molecule has 15 heteroatoms. The molecule has 0 spiro atoms. The van der Waals surface area contributed by atoms with Crippen LogP contribution in [0.25, 0.3) is 0 Å². The average Bonchev–Trinajstić information content (AvgIpc) is 2.96. The highest BCUT2D eigenvalue weighted by molar-refractivity contribution is 7.90. The molecule has 12 nitrogen and oxygen atoms in total. The van der Waals surface area contributed by atoms with Crippen molar-refractivity contribution in [1.82, 2.24) is 4.72 Å². The Bertz CT molecular complexity index is 1830. The van der Waals surface area contributed by atoms with Crippen LogP contribution in [0.3, 0.4) is 0 Å². The summed E-state index contributed by atoms with van der Waals surface area (Å²) in [6, 6.07) is 10.3. The number of amides is 2. The predicted octanol–water partition coefficient (Wildman–Crippen LogP) is 5.85. The number of primary sulfonamides is 1. The van der Waals surface area contributed by atoms with Gasteiger partial charge in [-0.3, -0.25) is 9.59 Å². The summed E-state index contributed by atoms with van der Waals surface area (Å²) in [4.78, 5) is 35.3. The standard InChI is InChI=1S/C22H27ClN2O5S.C9H11NO4S/c1-12(2)17-9-15(23)10-18(13(3)4)21(17)24-22(27)25-31(28,29)16-7-8-20(30-6)19(11-16)14(5)26;1-6(11)8-5-7(15(10,12)13)3-4-9(8)14-2/h7-13H,1-6H3,(H2,24,25,27);3-5H,1-2H3,(H2,10,12,13). The summed E-state index contributed by atoms with van der Waals surface area (Å²) in [5.74, 6) is 0.0285. The quantitative estimate of drug-likeness (QED) is 0.218. The molecule has 0 heterocycles. The first kappa shape index (κ1) is 38.2. The van der Waals surface area contributed by atoms with E-state index < -0.39 is 26.1 Å². The lowest BCUT2D eigenvalue weighted by Crippen LogP contribution is -2.35. The number of hydrogen-bond donors (Lipinski definition) is 3. The molecular formula is C31H38ClN3O9S2. The number of ether oxygens (including phenoxy) is 2. The average molecular weight is 696 g/mol. The van der Waals surface area contributed by atoms with Crippen molar-refractivity contribution in [3.8, 4) is 11.5 Å². The van der Waals surface area contributed by atoms with Crippen molar-refractivity contribution in [2.24, 2.45) is 5.14 Å². The maximum absolute atomic E-state index is 12.8. The fourth-order valence-electron chi connectivity index (χ4n) is 4.29.